The normalized spacial score (nSPS) is 18.4. The number of benzene rings is 2. The van der Waals surface area contributed by atoms with Gasteiger partial charge in [-0.3, -0.25) is 9.69 Å². The number of anilines is 1. The van der Waals surface area contributed by atoms with Gasteiger partial charge >= 0.3 is 0 Å². The molecule has 0 atom stereocenters. The summed E-state index contributed by atoms with van der Waals surface area (Å²) in [6.45, 7) is 4.18. The molecule has 31 heavy (non-hydrogen) atoms. The van der Waals surface area contributed by atoms with E-state index in [-0.39, 0.29) is 5.91 Å². The van der Waals surface area contributed by atoms with Gasteiger partial charge in [0.15, 0.2) is 4.32 Å². The molecule has 0 aromatic heterocycles. The lowest BCUT2D eigenvalue weighted by Gasteiger charge is -2.16. The Balaban J connectivity index is 1.37. The first-order valence-electron chi connectivity index (χ1n) is 10.2. The number of amides is 1. The lowest BCUT2D eigenvalue weighted by Crippen LogP contribution is -2.27. The van der Waals surface area contributed by atoms with Crippen molar-refractivity contribution in [2.45, 2.75) is 19.3 Å². The molecule has 0 N–H and O–H groups in total. The van der Waals surface area contributed by atoms with Crippen molar-refractivity contribution >= 4 is 69.2 Å². The van der Waals surface area contributed by atoms with Crippen LogP contribution in [-0.2, 0) is 4.79 Å². The Kier molecular flexibility index (Phi) is 7.56. The van der Waals surface area contributed by atoms with Crippen LogP contribution in [0, 0.1) is 0 Å². The van der Waals surface area contributed by atoms with E-state index in [0.29, 0.717) is 25.9 Å². The molecule has 2 heterocycles. The second-order valence-electron chi connectivity index (χ2n) is 7.44. The average molecular weight is 493 g/mol. The van der Waals surface area contributed by atoms with Crippen molar-refractivity contribution in [3.8, 4) is 5.75 Å². The standard InChI is InChI=1S/C23H22Cl2N2O2S2/c24-19-9-4-16(14-20(19)25)15-21-22(28)27(23(30)31-21)17-5-7-18(8-6-17)29-13-3-12-26-10-1-2-11-26/h4-9,14-15H,1-3,10-13H2/b21-15-. The van der Waals surface area contributed by atoms with Crippen molar-refractivity contribution in [2.24, 2.45) is 0 Å². The van der Waals surface area contributed by atoms with E-state index in [0.717, 1.165) is 30.0 Å². The van der Waals surface area contributed by atoms with Gasteiger partial charge < -0.3 is 9.64 Å². The number of rotatable bonds is 7. The molecule has 0 spiro atoms. The van der Waals surface area contributed by atoms with Crippen LogP contribution in [0.4, 0.5) is 5.69 Å². The van der Waals surface area contributed by atoms with Crippen LogP contribution in [0.15, 0.2) is 47.4 Å². The van der Waals surface area contributed by atoms with Crippen LogP contribution in [-0.4, -0.2) is 41.4 Å². The van der Waals surface area contributed by atoms with E-state index >= 15 is 0 Å². The molecule has 1 amide bonds. The summed E-state index contributed by atoms with van der Waals surface area (Å²) in [6, 6.07) is 12.7. The molecule has 8 heteroatoms. The van der Waals surface area contributed by atoms with Crippen LogP contribution in [0.3, 0.4) is 0 Å². The quantitative estimate of drug-likeness (QED) is 0.258. The highest BCUT2D eigenvalue weighted by Crippen LogP contribution is 2.37. The lowest BCUT2D eigenvalue weighted by molar-refractivity contribution is -0.113. The van der Waals surface area contributed by atoms with E-state index in [1.807, 2.05) is 30.3 Å². The SMILES string of the molecule is O=C1/C(=C/c2ccc(Cl)c(Cl)c2)SC(=S)N1c1ccc(OCCCN2CCCC2)cc1. The molecule has 2 aliphatic rings. The summed E-state index contributed by atoms with van der Waals surface area (Å²) in [5, 5.41) is 0.923. The number of halogens is 2. The van der Waals surface area contributed by atoms with Gasteiger partial charge in [-0.15, -0.1) is 0 Å². The number of carbonyl (C=O) groups is 1. The number of thioether (sulfide) groups is 1. The molecule has 0 aliphatic carbocycles. The maximum atomic E-state index is 12.9. The van der Waals surface area contributed by atoms with E-state index in [4.69, 9.17) is 40.2 Å². The van der Waals surface area contributed by atoms with Gasteiger partial charge in [-0.1, -0.05) is 53.2 Å². The van der Waals surface area contributed by atoms with Crippen molar-refractivity contribution in [3.63, 3.8) is 0 Å². The first-order valence-corrected chi connectivity index (χ1v) is 12.2. The highest BCUT2D eigenvalue weighted by Gasteiger charge is 2.33. The van der Waals surface area contributed by atoms with E-state index in [1.54, 1.807) is 23.1 Å². The van der Waals surface area contributed by atoms with Crippen LogP contribution in [0.25, 0.3) is 6.08 Å². The molecule has 4 nitrogen and oxygen atoms in total. The average Bonchev–Trinajstić information content (AvgIpc) is 3.37. The van der Waals surface area contributed by atoms with Gasteiger partial charge in [0.1, 0.15) is 5.75 Å². The second-order valence-corrected chi connectivity index (χ2v) is 9.93. The Hall–Kier alpha value is -1.57. The summed E-state index contributed by atoms with van der Waals surface area (Å²) in [5.74, 6) is 0.641. The summed E-state index contributed by atoms with van der Waals surface area (Å²) in [4.78, 5) is 17.5. The number of hydrogen-bond acceptors (Lipinski definition) is 5. The van der Waals surface area contributed by atoms with Gasteiger partial charge in [0.2, 0.25) is 0 Å². The molecule has 2 aliphatic heterocycles. The highest BCUT2D eigenvalue weighted by molar-refractivity contribution is 8.27. The fraction of sp³-hybridized carbons (Fsp3) is 0.304. The predicted octanol–water partition coefficient (Wildman–Crippen LogP) is 6.26. The largest absolute Gasteiger partial charge is 0.494 e. The van der Waals surface area contributed by atoms with Gasteiger partial charge in [-0.05, 0) is 80.4 Å². The zero-order valence-electron chi connectivity index (χ0n) is 16.9. The third-order valence-corrected chi connectivity index (χ3v) is 7.26. The van der Waals surface area contributed by atoms with Crippen molar-refractivity contribution in [1.82, 2.24) is 4.90 Å². The van der Waals surface area contributed by atoms with Gasteiger partial charge in [0.05, 0.1) is 27.2 Å². The fourth-order valence-corrected chi connectivity index (χ4v) is 5.23. The van der Waals surface area contributed by atoms with Crippen molar-refractivity contribution in [2.75, 3.05) is 31.1 Å². The van der Waals surface area contributed by atoms with Gasteiger partial charge in [0, 0.05) is 6.54 Å². The van der Waals surface area contributed by atoms with Crippen LogP contribution in [0.5, 0.6) is 5.75 Å². The minimum absolute atomic E-state index is 0.152. The Labute approximate surface area is 202 Å². The molecular formula is C23H22Cl2N2O2S2. The zero-order chi connectivity index (χ0) is 21.8. The van der Waals surface area contributed by atoms with Gasteiger partial charge in [0.25, 0.3) is 5.91 Å². The maximum absolute atomic E-state index is 12.9. The van der Waals surface area contributed by atoms with E-state index < -0.39 is 0 Å². The summed E-state index contributed by atoms with van der Waals surface area (Å²) < 4.78 is 6.35. The number of ether oxygens (including phenoxy) is 1. The van der Waals surface area contributed by atoms with Gasteiger partial charge in [-0.25, -0.2) is 0 Å². The van der Waals surface area contributed by atoms with Gasteiger partial charge in [-0.2, -0.15) is 0 Å². The number of carbonyl (C=O) groups excluding carboxylic acids is 1. The Bertz CT molecular complexity index is 1010. The summed E-state index contributed by atoms with van der Waals surface area (Å²) in [5.41, 5.74) is 1.53. The third-order valence-electron chi connectivity index (χ3n) is 5.22. The number of likely N-dealkylation sites (tertiary alicyclic amines) is 1. The third kappa shape index (κ3) is 5.62. The zero-order valence-corrected chi connectivity index (χ0v) is 20.0. The number of hydrogen-bond donors (Lipinski definition) is 0. The van der Waals surface area contributed by atoms with Crippen LogP contribution < -0.4 is 9.64 Å². The summed E-state index contributed by atoms with van der Waals surface area (Å²) >= 11 is 18.8. The molecule has 2 saturated heterocycles. The van der Waals surface area contributed by atoms with Crippen molar-refractivity contribution in [3.05, 3.63) is 63.0 Å². The van der Waals surface area contributed by atoms with E-state index in [1.165, 1.54) is 37.7 Å². The first-order chi connectivity index (χ1) is 15.0. The topological polar surface area (TPSA) is 32.8 Å². The second kappa shape index (κ2) is 10.4. The molecule has 2 fully saturated rings. The Morgan fingerprint density at radius 2 is 1.81 bits per heavy atom. The molecule has 0 radical (unpaired) electrons. The lowest BCUT2D eigenvalue weighted by atomic mass is 10.2. The first kappa shape index (κ1) is 22.6. The smallest absolute Gasteiger partial charge is 0.270 e. The molecular weight excluding hydrogens is 471 g/mol. The Morgan fingerprint density at radius 3 is 2.52 bits per heavy atom. The minimum Gasteiger partial charge on any atom is -0.494 e. The number of nitrogens with zero attached hydrogens (tertiary/aromatic N) is 2. The summed E-state index contributed by atoms with van der Waals surface area (Å²) in [7, 11) is 0. The minimum atomic E-state index is -0.152. The maximum Gasteiger partial charge on any atom is 0.270 e. The molecule has 2 aromatic rings. The molecule has 2 aromatic carbocycles. The molecule has 0 unspecified atom stereocenters. The van der Waals surface area contributed by atoms with Crippen molar-refractivity contribution in [1.29, 1.82) is 0 Å². The fourth-order valence-electron chi connectivity index (χ4n) is 3.62. The molecule has 4 rings (SSSR count). The highest BCUT2D eigenvalue weighted by atomic mass is 35.5. The Morgan fingerprint density at radius 1 is 1.06 bits per heavy atom. The van der Waals surface area contributed by atoms with Crippen molar-refractivity contribution < 1.29 is 9.53 Å². The molecule has 162 valence electrons. The van der Waals surface area contributed by atoms with Crippen LogP contribution >= 0.6 is 47.2 Å². The number of thiocarbonyl (C=S) groups is 1. The van der Waals surface area contributed by atoms with E-state index in [9.17, 15) is 4.79 Å². The predicted molar refractivity (Wildman–Crippen MR) is 134 cm³/mol. The molecule has 0 saturated carbocycles. The molecule has 0 bridgehead atoms. The van der Waals surface area contributed by atoms with E-state index in [2.05, 4.69) is 4.90 Å². The summed E-state index contributed by atoms with van der Waals surface area (Å²) in [6.07, 6.45) is 5.40. The monoisotopic (exact) mass is 492 g/mol. The van der Waals surface area contributed by atoms with Crippen LogP contribution in [0.2, 0.25) is 10.0 Å². The van der Waals surface area contributed by atoms with Crippen LogP contribution in [0.1, 0.15) is 24.8 Å².